The fraction of sp³-hybridized carbons (Fsp3) is 0.600. The van der Waals surface area contributed by atoms with Crippen molar-refractivity contribution in [3.05, 3.63) is 24.4 Å². The topological polar surface area (TPSA) is 41.9 Å². The van der Waals surface area contributed by atoms with Crippen molar-refractivity contribution >= 4 is 23.1 Å². The summed E-state index contributed by atoms with van der Waals surface area (Å²) >= 11 is 5.50. The molecule has 0 aromatic carbocycles. The van der Waals surface area contributed by atoms with Gasteiger partial charge in [0.15, 0.2) is 5.11 Å². The van der Waals surface area contributed by atoms with Crippen LogP contribution in [0, 0.1) is 0 Å². The van der Waals surface area contributed by atoms with E-state index in [1.54, 1.807) is 0 Å². The fourth-order valence-electron chi connectivity index (χ4n) is 2.85. The maximum absolute atomic E-state index is 5.61. The molecule has 2 fully saturated rings. The minimum Gasteiger partial charge on any atom is -0.376 e. The van der Waals surface area contributed by atoms with Crippen LogP contribution in [0.2, 0.25) is 0 Å². The number of hydrogen-bond donors (Lipinski definition) is 1. The van der Waals surface area contributed by atoms with E-state index in [1.165, 1.54) is 12.2 Å². The first-order valence-electron chi connectivity index (χ1n) is 7.69. The van der Waals surface area contributed by atoms with E-state index in [4.69, 9.17) is 17.0 Å². The van der Waals surface area contributed by atoms with Gasteiger partial charge < -0.3 is 15.0 Å². The molecule has 0 amide bonds. The number of piperazine rings is 1. The second-order valence-corrected chi connectivity index (χ2v) is 5.93. The first kappa shape index (κ1) is 14.5. The first-order chi connectivity index (χ1) is 10.3. The number of H-pyrrole nitrogens is 1. The van der Waals surface area contributed by atoms with Crippen molar-refractivity contribution < 1.29 is 9.72 Å². The Morgan fingerprint density at radius 1 is 1.33 bits per heavy atom. The number of ether oxygens (including phenoxy) is 1. The van der Waals surface area contributed by atoms with E-state index in [1.807, 2.05) is 12.3 Å². The molecule has 0 spiro atoms. The molecular formula is C15H23N4OS+. The van der Waals surface area contributed by atoms with Crippen LogP contribution in [-0.4, -0.2) is 55.4 Å². The van der Waals surface area contributed by atoms with E-state index in [0.717, 1.165) is 50.9 Å². The van der Waals surface area contributed by atoms with E-state index in [-0.39, 0.29) is 0 Å². The molecule has 0 aliphatic carbocycles. The lowest BCUT2D eigenvalue weighted by Crippen LogP contribution is -2.53. The second-order valence-electron chi connectivity index (χ2n) is 5.54. The minimum atomic E-state index is 0.336. The van der Waals surface area contributed by atoms with Crippen LogP contribution in [-0.2, 0) is 4.74 Å². The van der Waals surface area contributed by atoms with Crippen LogP contribution >= 0.6 is 12.2 Å². The molecule has 5 nitrogen and oxygen atoms in total. The van der Waals surface area contributed by atoms with Gasteiger partial charge in [-0.15, -0.1) is 0 Å². The van der Waals surface area contributed by atoms with Crippen LogP contribution in [0.15, 0.2) is 24.4 Å². The smallest absolute Gasteiger partial charge is 0.274 e. The van der Waals surface area contributed by atoms with Crippen LogP contribution in [0.25, 0.3) is 0 Å². The van der Waals surface area contributed by atoms with Gasteiger partial charge in [0, 0.05) is 19.2 Å². The third kappa shape index (κ3) is 3.83. The third-order valence-electron chi connectivity index (χ3n) is 4.11. The number of nitrogens with zero attached hydrogens (tertiary/aromatic N) is 2. The standard InChI is InChI=1S/C15H22N4OS/c21-15(17-12-13-4-3-11-20-13)19-9-7-18(8-10-19)14-5-1-2-6-16-14/h1-2,5-6,13H,3-4,7-12H2,(H,17,21)/p+1/t13-/m1/s1. The van der Waals surface area contributed by atoms with Gasteiger partial charge in [-0.1, -0.05) is 6.07 Å². The summed E-state index contributed by atoms with van der Waals surface area (Å²) in [4.78, 5) is 7.90. The minimum absolute atomic E-state index is 0.336. The number of rotatable bonds is 3. The summed E-state index contributed by atoms with van der Waals surface area (Å²) in [5.41, 5.74) is 0. The highest BCUT2D eigenvalue weighted by Gasteiger charge is 2.25. The molecule has 1 aromatic heterocycles. The highest BCUT2D eigenvalue weighted by atomic mass is 32.1. The average molecular weight is 307 g/mol. The molecule has 6 heteroatoms. The van der Waals surface area contributed by atoms with Crippen LogP contribution < -0.4 is 15.2 Å². The highest BCUT2D eigenvalue weighted by Crippen LogP contribution is 2.12. The summed E-state index contributed by atoms with van der Waals surface area (Å²) in [6, 6.07) is 6.18. The summed E-state index contributed by atoms with van der Waals surface area (Å²) < 4.78 is 5.61. The summed E-state index contributed by atoms with van der Waals surface area (Å²) in [6.45, 7) is 5.63. The Morgan fingerprint density at radius 3 is 2.86 bits per heavy atom. The summed E-state index contributed by atoms with van der Waals surface area (Å²) in [7, 11) is 0. The molecule has 1 aromatic rings. The molecule has 1 atom stereocenters. The Balaban J connectivity index is 1.43. The molecule has 0 bridgehead atoms. The Morgan fingerprint density at radius 2 is 2.19 bits per heavy atom. The maximum atomic E-state index is 5.61. The van der Waals surface area contributed by atoms with Gasteiger partial charge in [-0.2, -0.15) is 0 Å². The third-order valence-corrected chi connectivity index (χ3v) is 4.51. The van der Waals surface area contributed by atoms with Crippen LogP contribution in [0.4, 0.5) is 5.82 Å². The van der Waals surface area contributed by atoms with Crippen molar-refractivity contribution in [2.24, 2.45) is 0 Å². The van der Waals surface area contributed by atoms with Crippen molar-refractivity contribution in [1.29, 1.82) is 0 Å². The van der Waals surface area contributed by atoms with E-state index in [0.29, 0.717) is 6.10 Å². The van der Waals surface area contributed by atoms with Gasteiger partial charge in [0.1, 0.15) is 13.1 Å². The molecule has 0 saturated carbocycles. The number of pyridine rings is 1. The molecule has 0 radical (unpaired) electrons. The van der Waals surface area contributed by atoms with Gasteiger partial charge in [-0.3, -0.25) is 4.90 Å². The zero-order valence-corrected chi connectivity index (χ0v) is 13.1. The van der Waals surface area contributed by atoms with Crippen molar-refractivity contribution in [3.63, 3.8) is 0 Å². The number of aromatic amines is 1. The Kier molecular flexibility index (Phi) is 4.87. The highest BCUT2D eigenvalue weighted by molar-refractivity contribution is 7.80. The molecule has 3 heterocycles. The van der Waals surface area contributed by atoms with Crippen molar-refractivity contribution in [3.8, 4) is 0 Å². The quantitative estimate of drug-likeness (QED) is 0.832. The molecular weight excluding hydrogens is 284 g/mol. The zero-order chi connectivity index (χ0) is 14.5. The number of aromatic nitrogens is 1. The SMILES string of the molecule is S=C(NC[C@H]1CCCO1)N1CCN(c2cccc[nH+]2)CC1. The molecule has 2 N–H and O–H groups in total. The first-order valence-corrected chi connectivity index (χ1v) is 8.10. The van der Waals surface area contributed by atoms with Gasteiger partial charge in [0.2, 0.25) is 0 Å². The molecule has 2 saturated heterocycles. The van der Waals surface area contributed by atoms with Gasteiger partial charge >= 0.3 is 0 Å². The molecule has 0 unspecified atom stereocenters. The predicted molar refractivity (Wildman–Crippen MR) is 86.4 cm³/mol. The molecule has 114 valence electrons. The van der Waals surface area contributed by atoms with Gasteiger partial charge in [0.25, 0.3) is 5.82 Å². The zero-order valence-electron chi connectivity index (χ0n) is 12.3. The van der Waals surface area contributed by atoms with Crippen LogP contribution in [0.5, 0.6) is 0 Å². The number of thiocarbonyl (C=S) groups is 1. The number of nitrogens with one attached hydrogen (secondary N) is 2. The molecule has 2 aliphatic rings. The average Bonchev–Trinajstić information content (AvgIpc) is 3.07. The number of anilines is 1. The molecule has 3 rings (SSSR count). The number of hydrogen-bond acceptors (Lipinski definition) is 3. The lowest BCUT2D eigenvalue weighted by Gasteiger charge is -2.33. The van der Waals surface area contributed by atoms with E-state index >= 15 is 0 Å². The van der Waals surface area contributed by atoms with Crippen LogP contribution in [0.1, 0.15) is 12.8 Å². The van der Waals surface area contributed by atoms with Gasteiger partial charge in [-0.05, 0) is 31.1 Å². The van der Waals surface area contributed by atoms with E-state index in [2.05, 4.69) is 32.2 Å². The lowest BCUT2D eigenvalue weighted by atomic mass is 10.2. The summed E-state index contributed by atoms with van der Waals surface area (Å²) in [6.07, 6.45) is 4.62. The van der Waals surface area contributed by atoms with Crippen molar-refractivity contribution in [2.45, 2.75) is 18.9 Å². The Labute approximate surface area is 131 Å². The van der Waals surface area contributed by atoms with E-state index < -0.39 is 0 Å². The van der Waals surface area contributed by atoms with Crippen molar-refractivity contribution in [2.75, 3.05) is 44.2 Å². The Hall–Kier alpha value is -1.40. The van der Waals surface area contributed by atoms with Gasteiger partial charge in [0.05, 0.1) is 25.4 Å². The van der Waals surface area contributed by atoms with Crippen molar-refractivity contribution in [1.82, 2.24) is 10.2 Å². The van der Waals surface area contributed by atoms with E-state index in [9.17, 15) is 0 Å². The van der Waals surface area contributed by atoms with Gasteiger partial charge in [-0.25, -0.2) is 4.98 Å². The second kappa shape index (κ2) is 7.04. The Bertz CT molecular complexity index is 456. The lowest BCUT2D eigenvalue weighted by molar-refractivity contribution is -0.364. The molecule has 2 aliphatic heterocycles. The molecule has 21 heavy (non-hydrogen) atoms. The van der Waals surface area contributed by atoms with Crippen LogP contribution in [0.3, 0.4) is 0 Å². The predicted octanol–water partition coefficient (Wildman–Crippen LogP) is 0.676. The largest absolute Gasteiger partial charge is 0.376 e. The monoisotopic (exact) mass is 307 g/mol. The normalized spacial score (nSPS) is 22.4. The maximum Gasteiger partial charge on any atom is 0.274 e. The summed E-state index contributed by atoms with van der Waals surface area (Å²) in [5.74, 6) is 1.18. The summed E-state index contributed by atoms with van der Waals surface area (Å²) in [5, 5.41) is 4.22. The fourth-order valence-corrected chi connectivity index (χ4v) is 3.12.